The number of aryl methyl sites for hydroxylation is 15. The molecule has 0 N–H and O–H groups in total. The Balaban J connectivity index is 0.000000158. The van der Waals surface area contributed by atoms with E-state index in [4.69, 9.17) is 0 Å². The minimum absolute atomic E-state index is 1.04. The standard InChI is InChI=1S/C10H12N2S.C10H12S2.C8H12S.C6H6N2S2.C6H9NS.C4H6N2S/c1-5-6(2)8(4)10-9(7(5)3)11-13-12-10;1-5-7(3)11-10-6(2)8(4)12-9(5)10;1-5-6(2)8(4)9-7(5)3;1-3-7-5-6(9-3)8-4(2)10-5;1-4-5(2)8-6(3)7-4;1-3-5-6-4(2)7-3/h1-4H3;1-4H3;1-4H3;1-2H3;1-3H3;1-2H3. The third-order valence-electron chi connectivity index (χ3n) is 10.2. The summed E-state index contributed by atoms with van der Waals surface area (Å²) >= 11 is 13.8. The van der Waals surface area contributed by atoms with Gasteiger partial charge in [-0.05, 0) is 176 Å². The van der Waals surface area contributed by atoms with E-state index in [1.807, 2.05) is 75.6 Å². The van der Waals surface area contributed by atoms with Crippen molar-refractivity contribution >= 4 is 121 Å². The molecule has 59 heavy (non-hydrogen) atoms. The van der Waals surface area contributed by atoms with Crippen LogP contribution in [0.25, 0.3) is 30.1 Å². The fraction of sp³-hybridized carbons (Fsp3) is 0.432. The monoisotopic (exact) mass is 939 g/mol. The van der Waals surface area contributed by atoms with Gasteiger partial charge in [0.1, 0.15) is 21.0 Å². The molecule has 0 spiro atoms. The van der Waals surface area contributed by atoms with Gasteiger partial charge in [0.15, 0.2) is 9.66 Å². The van der Waals surface area contributed by atoms with Crippen LogP contribution in [0.4, 0.5) is 0 Å². The van der Waals surface area contributed by atoms with Gasteiger partial charge in [0, 0.05) is 33.8 Å². The van der Waals surface area contributed by atoms with Crippen LogP contribution in [-0.4, -0.2) is 33.9 Å². The van der Waals surface area contributed by atoms with Gasteiger partial charge in [0.05, 0.1) is 32.4 Å². The summed E-state index contributed by atoms with van der Waals surface area (Å²) in [5.74, 6) is 0. The van der Waals surface area contributed by atoms with E-state index in [9.17, 15) is 0 Å². The van der Waals surface area contributed by atoms with Crippen LogP contribution in [0.5, 0.6) is 0 Å². The van der Waals surface area contributed by atoms with Crippen molar-refractivity contribution in [3.63, 3.8) is 0 Å². The fourth-order valence-corrected chi connectivity index (χ4v) is 13.3. The third-order valence-corrected chi connectivity index (χ3v) is 18.4. The summed E-state index contributed by atoms with van der Waals surface area (Å²) in [5.41, 5.74) is 14.5. The highest BCUT2D eigenvalue weighted by molar-refractivity contribution is 7.28. The average Bonchev–Trinajstić information content (AvgIpc) is 4.07. The molecule has 0 amide bonds. The zero-order chi connectivity index (χ0) is 44.0. The number of fused-ring (bicyclic) bond motifs is 3. The first-order valence-electron chi connectivity index (χ1n) is 19.2. The second-order valence-corrected chi connectivity index (χ2v) is 24.0. The molecular weight excluding hydrogens is 883 g/mol. The Labute approximate surface area is 383 Å². The molecule has 316 valence electrons. The maximum absolute atomic E-state index is 4.31. The van der Waals surface area contributed by atoms with Crippen molar-refractivity contribution in [1.82, 2.24) is 33.9 Å². The molecule has 0 aliphatic heterocycles. The summed E-state index contributed by atoms with van der Waals surface area (Å²) < 4.78 is 11.6. The highest BCUT2D eigenvalue weighted by atomic mass is 32.1. The summed E-state index contributed by atoms with van der Waals surface area (Å²) in [6.07, 6.45) is 0. The van der Waals surface area contributed by atoms with Crippen LogP contribution >= 0.6 is 91.1 Å². The predicted molar refractivity (Wildman–Crippen MR) is 269 cm³/mol. The Morgan fingerprint density at radius 2 is 0.661 bits per heavy atom. The van der Waals surface area contributed by atoms with Gasteiger partial charge < -0.3 is 0 Å². The Hall–Kier alpha value is -2.89. The molecular formula is C44H57N7S8. The normalized spacial score (nSPS) is 10.6. The van der Waals surface area contributed by atoms with Crippen molar-refractivity contribution < 1.29 is 0 Å². The number of thiophene rings is 3. The van der Waals surface area contributed by atoms with Crippen molar-refractivity contribution in [2.45, 2.75) is 132 Å². The molecule has 0 aliphatic carbocycles. The van der Waals surface area contributed by atoms with Crippen LogP contribution in [-0.2, 0) is 0 Å². The van der Waals surface area contributed by atoms with E-state index < -0.39 is 0 Å². The third kappa shape index (κ3) is 12.4. The van der Waals surface area contributed by atoms with Gasteiger partial charge in [-0.25, -0.2) is 15.0 Å². The number of nitrogens with zero attached hydrogens (tertiary/aromatic N) is 7. The van der Waals surface area contributed by atoms with Gasteiger partial charge in [0.25, 0.3) is 0 Å². The van der Waals surface area contributed by atoms with Crippen LogP contribution < -0.4 is 0 Å². The molecule has 8 heterocycles. The molecule has 15 heteroatoms. The van der Waals surface area contributed by atoms with E-state index in [-0.39, 0.29) is 0 Å². The molecule has 0 atom stereocenters. The number of benzene rings is 1. The molecule has 9 aromatic rings. The second kappa shape index (κ2) is 21.3. The Bertz CT molecular complexity index is 2590. The van der Waals surface area contributed by atoms with Crippen LogP contribution in [0.2, 0.25) is 0 Å². The quantitative estimate of drug-likeness (QED) is 0.150. The SMILES string of the molecule is Cc1c(C)c(C)c2nsnc2c1C.Cc1nc(C)c(C)s1.Cc1nc2sc(C)nc2s1.Cc1nnc(C)s1.Cc1sc(C)c(C)c1C.Cc1sc2c(C)c(C)sc2c1C. The van der Waals surface area contributed by atoms with Gasteiger partial charge in [-0.2, -0.15) is 8.75 Å². The zero-order valence-corrected chi connectivity index (χ0v) is 44.4. The van der Waals surface area contributed by atoms with E-state index in [0.717, 1.165) is 40.7 Å². The maximum atomic E-state index is 4.31. The molecule has 7 nitrogen and oxygen atoms in total. The van der Waals surface area contributed by atoms with Crippen molar-refractivity contribution in [3.05, 3.63) is 99.6 Å². The van der Waals surface area contributed by atoms with E-state index in [1.54, 1.807) is 45.3 Å². The lowest BCUT2D eigenvalue weighted by Gasteiger charge is -2.08. The van der Waals surface area contributed by atoms with Crippen molar-refractivity contribution in [2.24, 2.45) is 0 Å². The van der Waals surface area contributed by atoms with E-state index >= 15 is 0 Å². The van der Waals surface area contributed by atoms with Gasteiger partial charge >= 0.3 is 0 Å². The van der Waals surface area contributed by atoms with Crippen LogP contribution in [0, 0.1) is 132 Å². The first-order chi connectivity index (χ1) is 27.6. The molecule has 0 saturated heterocycles. The smallest absolute Gasteiger partial charge is 0.155 e. The zero-order valence-electron chi connectivity index (χ0n) is 37.9. The highest BCUT2D eigenvalue weighted by Crippen LogP contribution is 2.39. The summed E-state index contributed by atoms with van der Waals surface area (Å²) in [6.45, 7) is 40.2. The molecule has 0 radical (unpaired) electrons. The average molecular weight is 941 g/mol. The van der Waals surface area contributed by atoms with Crippen LogP contribution in [0.3, 0.4) is 0 Å². The van der Waals surface area contributed by atoms with E-state index in [2.05, 4.69) is 124 Å². The Morgan fingerprint density at radius 3 is 0.932 bits per heavy atom. The van der Waals surface area contributed by atoms with Crippen molar-refractivity contribution in [3.8, 4) is 0 Å². The van der Waals surface area contributed by atoms with Gasteiger partial charge in [0.2, 0.25) is 0 Å². The van der Waals surface area contributed by atoms with Crippen molar-refractivity contribution in [1.29, 1.82) is 0 Å². The largest absolute Gasteiger partial charge is 0.247 e. The minimum Gasteiger partial charge on any atom is -0.247 e. The molecule has 0 saturated carbocycles. The van der Waals surface area contributed by atoms with Crippen LogP contribution in [0.1, 0.15) is 99.6 Å². The summed E-state index contributed by atoms with van der Waals surface area (Å²) in [7, 11) is 0. The number of thiazole rings is 3. The fourth-order valence-electron chi connectivity index (χ4n) is 5.74. The lowest BCUT2D eigenvalue weighted by atomic mass is 9.98. The minimum atomic E-state index is 1.04. The molecule has 0 fully saturated rings. The predicted octanol–water partition coefficient (Wildman–Crippen LogP) is 15.7. The summed E-state index contributed by atoms with van der Waals surface area (Å²) in [5, 5.41) is 13.0. The number of hydrogen-bond acceptors (Lipinski definition) is 15. The maximum Gasteiger partial charge on any atom is 0.155 e. The summed E-state index contributed by atoms with van der Waals surface area (Å²) in [6, 6.07) is 0. The van der Waals surface area contributed by atoms with Crippen LogP contribution in [0.15, 0.2) is 0 Å². The van der Waals surface area contributed by atoms with Gasteiger partial charge in [-0.1, -0.05) is 22.7 Å². The summed E-state index contributed by atoms with van der Waals surface area (Å²) in [4.78, 5) is 22.2. The molecule has 1 aromatic carbocycles. The number of rotatable bonds is 0. The molecule has 9 rings (SSSR count). The second-order valence-electron chi connectivity index (χ2n) is 14.4. The molecule has 0 aliphatic rings. The molecule has 0 bridgehead atoms. The Kier molecular flexibility index (Phi) is 17.6. The molecule has 8 aromatic heterocycles. The lowest BCUT2D eigenvalue weighted by molar-refractivity contribution is 1.02. The van der Waals surface area contributed by atoms with E-state index in [1.165, 1.54) is 101 Å². The Morgan fingerprint density at radius 1 is 0.288 bits per heavy atom. The first kappa shape index (κ1) is 48.8. The van der Waals surface area contributed by atoms with Crippen molar-refractivity contribution in [2.75, 3.05) is 0 Å². The molecule has 0 unspecified atom stereocenters. The number of aromatic nitrogens is 7. The first-order valence-corrected chi connectivity index (χ1v) is 25.6. The highest BCUT2D eigenvalue weighted by Gasteiger charge is 2.13. The lowest BCUT2D eigenvalue weighted by Crippen LogP contribution is -1.92. The number of hydrogen-bond donors (Lipinski definition) is 0. The van der Waals surface area contributed by atoms with Gasteiger partial charge in [-0.15, -0.1) is 66.9 Å². The van der Waals surface area contributed by atoms with E-state index in [0.29, 0.717) is 0 Å². The topological polar surface area (TPSA) is 90.2 Å². The van der Waals surface area contributed by atoms with Gasteiger partial charge in [-0.3, -0.25) is 0 Å².